The molecule has 5 nitrogen and oxygen atoms in total. The van der Waals surface area contributed by atoms with Crippen LogP contribution in [0.25, 0.3) is 0 Å². The van der Waals surface area contributed by atoms with Gasteiger partial charge < -0.3 is 9.15 Å². The molecule has 0 N–H and O–H groups in total. The van der Waals surface area contributed by atoms with Crippen LogP contribution in [0.1, 0.15) is 43.8 Å². The molecular formula is C14H23NO4S. The molecule has 0 aliphatic carbocycles. The maximum Gasteiger partial charge on any atom is 0.214 e. The van der Waals surface area contributed by atoms with E-state index in [1.807, 2.05) is 19.1 Å². The molecule has 2 heterocycles. The zero-order chi connectivity index (χ0) is 14.6. The largest absolute Gasteiger partial charge is 0.464 e. The van der Waals surface area contributed by atoms with Gasteiger partial charge >= 0.3 is 0 Å². The summed E-state index contributed by atoms with van der Waals surface area (Å²) in [4.78, 5) is 0. The number of sulfonamides is 1. The Morgan fingerprint density at radius 1 is 1.35 bits per heavy atom. The summed E-state index contributed by atoms with van der Waals surface area (Å²) in [6, 6.07) is 3.72. The lowest BCUT2D eigenvalue weighted by Crippen LogP contribution is -2.43. The van der Waals surface area contributed by atoms with Crippen LogP contribution in [0.5, 0.6) is 0 Å². The van der Waals surface area contributed by atoms with Crippen molar-refractivity contribution < 1.29 is 17.6 Å². The second-order valence-electron chi connectivity index (χ2n) is 5.19. The van der Waals surface area contributed by atoms with Crippen molar-refractivity contribution in [1.82, 2.24) is 4.31 Å². The lowest BCUT2D eigenvalue weighted by atomic mass is 10.2. The highest BCUT2D eigenvalue weighted by Crippen LogP contribution is 2.25. The fraction of sp³-hybridized carbons (Fsp3) is 0.714. The Bertz CT molecular complexity index is 523. The molecule has 0 unspecified atom stereocenters. The van der Waals surface area contributed by atoms with E-state index in [4.69, 9.17) is 9.15 Å². The summed E-state index contributed by atoms with van der Waals surface area (Å²) in [5.74, 6) is 1.74. The summed E-state index contributed by atoms with van der Waals surface area (Å²) < 4.78 is 37.3. The molecule has 1 aliphatic heterocycles. The highest BCUT2D eigenvalue weighted by atomic mass is 32.2. The number of nitrogens with zero attached hydrogens (tertiary/aromatic N) is 1. The first-order valence-corrected chi connectivity index (χ1v) is 8.79. The monoisotopic (exact) mass is 301 g/mol. The van der Waals surface area contributed by atoms with Crippen molar-refractivity contribution in [3.63, 3.8) is 0 Å². The number of hydrogen-bond acceptors (Lipinski definition) is 4. The van der Waals surface area contributed by atoms with Gasteiger partial charge in [0.25, 0.3) is 0 Å². The predicted octanol–water partition coefficient (Wildman–Crippen LogP) is 2.48. The average Bonchev–Trinajstić information content (AvgIpc) is 2.86. The van der Waals surface area contributed by atoms with Crippen LogP contribution in [0.2, 0.25) is 0 Å². The number of ether oxygens (including phenoxy) is 1. The van der Waals surface area contributed by atoms with Crippen LogP contribution in [-0.2, 0) is 14.8 Å². The lowest BCUT2D eigenvalue weighted by Gasteiger charge is -2.31. The minimum Gasteiger partial charge on any atom is -0.464 e. The molecule has 6 heteroatoms. The van der Waals surface area contributed by atoms with E-state index < -0.39 is 10.0 Å². The Labute approximate surface area is 121 Å². The van der Waals surface area contributed by atoms with Crippen LogP contribution in [-0.4, -0.2) is 38.2 Å². The van der Waals surface area contributed by atoms with Crippen LogP contribution in [0.4, 0.5) is 0 Å². The maximum atomic E-state index is 12.3. The van der Waals surface area contributed by atoms with Gasteiger partial charge in [-0.05, 0) is 25.5 Å². The number of hydrogen-bond donors (Lipinski definition) is 0. The van der Waals surface area contributed by atoms with Crippen molar-refractivity contribution >= 4 is 10.0 Å². The van der Waals surface area contributed by atoms with Crippen LogP contribution in [0, 0.1) is 6.92 Å². The summed E-state index contributed by atoms with van der Waals surface area (Å²) in [6.45, 7) is 5.13. The van der Waals surface area contributed by atoms with Crippen molar-refractivity contribution in [2.75, 3.05) is 25.4 Å². The van der Waals surface area contributed by atoms with Gasteiger partial charge in [0.05, 0.1) is 12.4 Å². The first-order valence-electron chi connectivity index (χ1n) is 7.18. The topological polar surface area (TPSA) is 59.8 Å². The summed E-state index contributed by atoms with van der Waals surface area (Å²) in [5.41, 5.74) is 0. The first-order chi connectivity index (χ1) is 9.53. The SMILES string of the molecule is CCCCCS(=O)(=O)N1CCO[C@@H](c2ccc(C)o2)C1. The molecular weight excluding hydrogens is 278 g/mol. The van der Waals surface area contributed by atoms with Crippen molar-refractivity contribution in [2.45, 2.75) is 39.2 Å². The second-order valence-corrected chi connectivity index (χ2v) is 7.28. The van der Waals surface area contributed by atoms with Gasteiger partial charge in [0.1, 0.15) is 17.6 Å². The molecule has 0 saturated carbocycles. The summed E-state index contributed by atoms with van der Waals surface area (Å²) in [5, 5.41) is 0. The summed E-state index contributed by atoms with van der Waals surface area (Å²) in [6.07, 6.45) is 2.40. The molecule has 2 rings (SSSR count). The molecule has 0 aromatic carbocycles. The van der Waals surface area contributed by atoms with Crippen LogP contribution in [0.3, 0.4) is 0 Å². The van der Waals surface area contributed by atoms with Gasteiger partial charge in [0.2, 0.25) is 10.0 Å². The van der Waals surface area contributed by atoms with Crippen molar-refractivity contribution in [1.29, 1.82) is 0 Å². The molecule has 1 aliphatic rings. The van der Waals surface area contributed by atoms with Gasteiger partial charge in [-0.15, -0.1) is 0 Å². The van der Waals surface area contributed by atoms with Gasteiger partial charge in [-0.1, -0.05) is 19.8 Å². The Kier molecular flexibility index (Phi) is 5.23. The van der Waals surface area contributed by atoms with Crippen LogP contribution in [0.15, 0.2) is 16.5 Å². The maximum absolute atomic E-state index is 12.3. The van der Waals surface area contributed by atoms with Gasteiger partial charge in [-0.2, -0.15) is 4.31 Å². The van der Waals surface area contributed by atoms with Crippen LogP contribution >= 0.6 is 0 Å². The normalized spacial score (nSPS) is 21.2. The Morgan fingerprint density at radius 3 is 2.80 bits per heavy atom. The van der Waals surface area contributed by atoms with Gasteiger partial charge in [-0.3, -0.25) is 0 Å². The third-order valence-corrected chi connectivity index (χ3v) is 5.43. The molecule has 0 radical (unpaired) electrons. The predicted molar refractivity (Wildman–Crippen MR) is 77.0 cm³/mol. The fourth-order valence-corrected chi connectivity index (χ4v) is 3.88. The molecule has 1 aromatic heterocycles. The molecule has 1 saturated heterocycles. The lowest BCUT2D eigenvalue weighted by molar-refractivity contribution is -0.0146. The van der Waals surface area contributed by atoms with Gasteiger partial charge in [0, 0.05) is 13.1 Å². The summed E-state index contributed by atoms with van der Waals surface area (Å²) in [7, 11) is -3.18. The van der Waals surface area contributed by atoms with Crippen molar-refractivity contribution in [3.8, 4) is 0 Å². The average molecular weight is 301 g/mol. The van der Waals surface area contributed by atoms with Crippen molar-refractivity contribution in [3.05, 3.63) is 23.7 Å². The summed E-state index contributed by atoms with van der Waals surface area (Å²) >= 11 is 0. The zero-order valence-corrected chi connectivity index (χ0v) is 13.0. The van der Waals surface area contributed by atoms with E-state index in [9.17, 15) is 8.42 Å². The Balaban J connectivity index is 1.99. The molecule has 20 heavy (non-hydrogen) atoms. The van der Waals surface area contributed by atoms with Gasteiger partial charge in [0.15, 0.2) is 0 Å². The van der Waals surface area contributed by atoms with Crippen LogP contribution < -0.4 is 0 Å². The highest BCUT2D eigenvalue weighted by molar-refractivity contribution is 7.89. The van der Waals surface area contributed by atoms with E-state index in [1.165, 1.54) is 4.31 Å². The zero-order valence-electron chi connectivity index (χ0n) is 12.2. The van der Waals surface area contributed by atoms with E-state index >= 15 is 0 Å². The molecule has 0 spiro atoms. The van der Waals surface area contributed by atoms with E-state index in [1.54, 1.807) is 0 Å². The molecule has 0 bridgehead atoms. The Hall–Kier alpha value is -0.850. The molecule has 0 amide bonds. The third-order valence-electron chi connectivity index (χ3n) is 3.51. The van der Waals surface area contributed by atoms with Crippen molar-refractivity contribution in [2.24, 2.45) is 0 Å². The van der Waals surface area contributed by atoms with E-state index in [0.29, 0.717) is 25.5 Å². The molecule has 1 fully saturated rings. The van der Waals surface area contributed by atoms with E-state index in [0.717, 1.165) is 25.0 Å². The highest BCUT2D eigenvalue weighted by Gasteiger charge is 2.31. The minimum absolute atomic E-state index is 0.227. The second kappa shape index (κ2) is 6.74. The van der Waals surface area contributed by atoms with E-state index in [2.05, 4.69) is 6.92 Å². The third kappa shape index (κ3) is 3.84. The number of aryl methyl sites for hydroxylation is 1. The van der Waals surface area contributed by atoms with Gasteiger partial charge in [-0.25, -0.2) is 8.42 Å². The molecule has 114 valence electrons. The first kappa shape index (κ1) is 15.5. The Morgan fingerprint density at radius 2 is 2.15 bits per heavy atom. The number of rotatable bonds is 6. The minimum atomic E-state index is -3.18. The smallest absolute Gasteiger partial charge is 0.214 e. The molecule has 1 atom stereocenters. The molecule has 1 aromatic rings. The number of furan rings is 1. The number of unbranched alkanes of at least 4 members (excludes halogenated alkanes) is 2. The van der Waals surface area contributed by atoms with E-state index in [-0.39, 0.29) is 11.9 Å². The fourth-order valence-electron chi connectivity index (χ4n) is 2.34. The quantitative estimate of drug-likeness (QED) is 0.757. The standard InChI is InChI=1S/C14H23NO4S/c1-3-4-5-10-20(16,17)15-8-9-18-14(11-15)13-7-6-12(2)19-13/h6-7,14H,3-5,8-11H2,1-2H3/t14-/m1/s1. The number of morpholine rings is 1.